The number of rotatable bonds is 5. The highest BCUT2D eigenvalue weighted by atomic mass is 32.1. The molecule has 0 aliphatic heterocycles. The van der Waals surface area contributed by atoms with E-state index >= 15 is 0 Å². The second-order valence-corrected chi connectivity index (χ2v) is 5.91. The van der Waals surface area contributed by atoms with Crippen LogP contribution < -0.4 is 0 Å². The van der Waals surface area contributed by atoms with E-state index in [2.05, 4.69) is 29.5 Å². The Morgan fingerprint density at radius 3 is 2.82 bits per heavy atom. The van der Waals surface area contributed by atoms with Gasteiger partial charge in [-0.2, -0.15) is 0 Å². The van der Waals surface area contributed by atoms with Gasteiger partial charge in [0.2, 0.25) is 0 Å². The van der Waals surface area contributed by atoms with Gasteiger partial charge in [-0.1, -0.05) is 12.5 Å². The summed E-state index contributed by atoms with van der Waals surface area (Å²) in [7, 11) is 3.56. The molecule has 4 heteroatoms. The summed E-state index contributed by atoms with van der Waals surface area (Å²) in [4.78, 5) is 15.4. The van der Waals surface area contributed by atoms with Gasteiger partial charge in [0.15, 0.2) is 0 Å². The number of carbonyl (C=O) groups is 1. The van der Waals surface area contributed by atoms with E-state index in [1.807, 2.05) is 0 Å². The smallest absolute Gasteiger partial charge is 0.313 e. The van der Waals surface area contributed by atoms with Gasteiger partial charge in [-0.3, -0.25) is 4.79 Å². The van der Waals surface area contributed by atoms with E-state index in [0.29, 0.717) is 0 Å². The van der Waals surface area contributed by atoms with Crippen molar-refractivity contribution in [3.8, 4) is 0 Å². The third-order valence-electron chi connectivity index (χ3n) is 3.51. The topological polar surface area (TPSA) is 29.5 Å². The Morgan fingerprint density at radius 2 is 2.35 bits per heavy atom. The van der Waals surface area contributed by atoms with Crippen molar-refractivity contribution in [2.45, 2.75) is 25.8 Å². The van der Waals surface area contributed by atoms with E-state index in [1.54, 1.807) is 11.3 Å². The summed E-state index contributed by atoms with van der Waals surface area (Å²) in [5.41, 5.74) is -0.235. The molecule has 1 aliphatic rings. The van der Waals surface area contributed by atoms with Crippen molar-refractivity contribution in [3.63, 3.8) is 0 Å². The number of methoxy groups -OCH3 is 1. The average Bonchev–Trinajstić information content (AvgIpc) is 2.75. The minimum absolute atomic E-state index is 0.0400. The molecule has 1 saturated carbocycles. The molecule has 1 aromatic rings. The molecule has 1 fully saturated rings. The first-order chi connectivity index (χ1) is 8.16. The van der Waals surface area contributed by atoms with E-state index < -0.39 is 0 Å². The predicted octanol–water partition coefficient (Wildman–Crippen LogP) is 2.52. The fourth-order valence-electron chi connectivity index (χ4n) is 2.49. The van der Waals surface area contributed by atoms with Gasteiger partial charge in [0, 0.05) is 18.0 Å². The van der Waals surface area contributed by atoms with Crippen LogP contribution in [0, 0.1) is 5.41 Å². The Balaban J connectivity index is 1.92. The molecular formula is C13H19NO2S. The molecule has 1 heterocycles. The summed E-state index contributed by atoms with van der Waals surface area (Å²) >= 11 is 1.76. The first kappa shape index (κ1) is 12.6. The molecule has 0 aromatic carbocycles. The Labute approximate surface area is 106 Å². The molecule has 17 heavy (non-hydrogen) atoms. The average molecular weight is 253 g/mol. The van der Waals surface area contributed by atoms with Gasteiger partial charge in [-0.15, -0.1) is 11.3 Å². The molecule has 94 valence electrons. The molecule has 1 aliphatic carbocycles. The lowest BCUT2D eigenvalue weighted by Crippen LogP contribution is -2.47. The number of esters is 1. The van der Waals surface area contributed by atoms with Crippen molar-refractivity contribution in [2.75, 3.05) is 20.7 Å². The highest BCUT2D eigenvalue weighted by Gasteiger charge is 2.45. The third-order valence-corrected chi connectivity index (χ3v) is 4.37. The summed E-state index contributed by atoms with van der Waals surface area (Å²) in [5, 5.41) is 2.09. The van der Waals surface area contributed by atoms with E-state index in [9.17, 15) is 4.79 Å². The van der Waals surface area contributed by atoms with Crippen molar-refractivity contribution in [1.82, 2.24) is 4.90 Å². The van der Waals surface area contributed by atoms with Crippen molar-refractivity contribution in [1.29, 1.82) is 0 Å². The van der Waals surface area contributed by atoms with Crippen LogP contribution in [-0.4, -0.2) is 31.6 Å². The fraction of sp³-hybridized carbons (Fsp3) is 0.615. The lowest BCUT2D eigenvalue weighted by atomic mass is 9.68. The maximum Gasteiger partial charge on any atom is 0.313 e. The molecule has 0 bridgehead atoms. The summed E-state index contributed by atoms with van der Waals surface area (Å²) in [6.45, 7) is 1.72. The molecule has 0 saturated heterocycles. The zero-order chi connectivity index (χ0) is 12.3. The van der Waals surface area contributed by atoms with E-state index in [4.69, 9.17) is 4.74 Å². The van der Waals surface area contributed by atoms with E-state index in [1.165, 1.54) is 12.0 Å². The molecule has 0 radical (unpaired) electrons. The molecule has 2 rings (SSSR count). The van der Waals surface area contributed by atoms with Gasteiger partial charge in [0.25, 0.3) is 0 Å². The normalized spacial score (nSPS) is 17.8. The minimum atomic E-state index is -0.235. The summed E-state index contributed by atoms with van der Waals surface area (Å²) in [5.74, 6) is -0.0400. The number of hydrogen-bond acceptors (Lipinski definition) is 4. The van der Waals surface area contributed by atoms with Gasteiger partial charge < -0.3 is 9.64 Å². The highest BCUT2D eigenvalue weighted by molar-refractivity contribution is 7.09. The van der Waals surface area contributed by atoms with Crippen molar-refractivity contribution in [3.05, 3.63) is 22.4 Å². The quantitative estimate of drug-likeness (QED) is 0.755. The molecule has 0 spiro atoms. The monoisotopic (exact) mass is 253 g/mol. The van der Waals surface area contributed by atoms with Crippen LogP contribution in [0.2, 0.25) is 0 Å². The van der Waals surface area contributed by atoms with Crippen LogP contribution in [0.1, 0.15) is 24.1 Å². The fourth-order valence-corrected chi connectivity index (χ4v) is 3.27. The predicted molar refractivity (Wildman–Crippen MR) is 69.0 cm³/mol. The van der Waals surface area contributed by atoms with Crippen molar-refractivity contribution >= 4 is 17.3 Å². The number of thiophene rings is 1. The second kappa shape index (κ2) is 5.19. The zero-order valence-corrected chi connectivity index (χ0v) is 11.3. The molecule has 0 amide bonds. The lowest BCUT2D eigenvalue weighted by Gasteiger charge is -2.41. The number of hydrogen-bond donors (Lipinski definition) is 0. The molecule has 3 nitrogen and oxygen atoms in total. The van der Waals surface area contributed by atoms with Gasteiger partial charge in [-0.25, -0.2) is 0 Å². The van der Waals surface area contributed by atoms with E-state index in [0.717, 1.165) is 32.4 Å². The van der Waals surface area contributed by atoms with E-state index in [-0.39, 0.29) is 11.4 Å². The van der Waals surface area contributed by atoms with Crippen molar-refractivity contribution in [2.24, 2.45) is 5.41 Å². The summed E-state index contributed by atoms with van der Waals surface area (Å²) < 4.78 is 4.93. The first-order valence-corrected chi connectivity index (χ1v) is 6.84. The minimum Gasteiger partial charge on any atom is -0.469 e. The lowest BCUT2D eigenvalue weighted by molar-refractivity contribution is -0.160. The van der Waals surface area contributed by atoms with Crippen LogP contribution >= 0.6 is 11.3 Å². The van der Waals surface area contributed by atoms with Gasteiger partial charge in [0.1, 0.15) is 0 Å². The van der Waals surface area contributed by atoms with Crippen LogP contribution in [-0.2, 0) is 16.1 Å². The summed E-state index contributed by atoms with van der Waals surface area (Å²) in [6, 6.07) is 4.19. The SMILES string of the molecule is COC(=O)C1(CN(C)Cc2cccs2)CCC1. The molecule has 0 unspecified atom stereocenters. The summed E-state index contributed by atoms with van der Waals surface area (Å²) in [6.07, 6.45) is 3.07. The number of nitrogens with zero attached hydrogens (tertiary/aromatic N) is 1. The molecule has 1 aromatic heterocycles. The largest absolute Gasteiger partial charge is 0.469 e. The van der Waals surface area contributed by atoms with Gasteiger partial charge >= 0.3 is 5.97 Å². The zero-order valence-electron chi connectivity index (χ0n) is 10.4. The second-order valence-electron chi connectivity index (χ2n) is 4.88. The maximum absolute atomic E-state index is 11.8. The third kappa shape index (κ3) is 2.69. The first-order valence-electron chi connectivity index (χ1n) is 5.96. The van der Waals surface area contributed by atoms with Crippen molar-refractivity contribution < 1.29 is 9.53 Å². The van der Waals surface area contributed by atoms with Crippen LogP contribution in [0.15, 0.2) is 17.5 Å². The Bertz CT molecular complexity index is 371. The van der Waals surface area contributed by atoms with Gasteiger partial charge in [0.05, 0.1) is 12.5 Å². The van der Waals surface area contributed by atoms with Crippen LogP contribution in [0.5, 0.6) is 0 Å². The Hall–Kier alpha value is -0.870. The molecule has 0 N–H and O–H groups in total. The Morgan fingerprint density at radius 1 is 1.59 bits per heavy atom. The standard InChI is InChI=1S/C13H19NO2S/c1-14(9-11-5-3-8-17-11)10-13(6-4-7-13)12(15)16-2/h3,5,8H,4,6-7,9-10H2,1-2H3. The highest BCUT2D eigenvalue weighted by Crippen LogP contribution is 2.42. The van der Waals surface area contributed by atoms with Crippen LogP contribution in [0.25, 0.3) is 0 Å². The number of ether oxygens (including phenoxy) is 1. The van der Waals surface area contributed by atoms with Crippen LogP contribution in [0.3, 0.4) is 0 Å². The molecule has 0 atom stereocenters. The van der Waals surface area contributed by atoms with Crippen LogP contribution in [0.4, 0.5) is 0 Å². The Kier molecular flexibility index (Phi) is 3.84. The van der Waals surface area contributed by atoms with Gasteiger partial charge in [-0.05, 0) is 31.3 Å². The maximum atomic E-state index is 11.8. The molecular weight excluding hydrogens is 234 g/mol. The number of carbonyl (C=O) groups excluding carboxylic acids is 1.